The minimum atomic E-state index is -0.712. The first-order valence-corrected chi connectivity index (χ1v) is 10.9. The fourth-order valence-electron chi connectivity index (χ4n) is 3.96. The van der Waals surface area contributed by atoms with E-state index in [0.717, 1.165) is 32.8 Å². The lowest BCUT2D eigenvalue weighted by Gasteiger charge is -2.21. The highest BCUT2D eigenvalue weighted by atomic mass is 79.9. The van der Waals surface area contributed by atoms with E-state index in [0.29, 0.717) is 11.3 Å². The van der Waals surface area contributed by atoms with E-state index >= 15 is 0 Å². The van der Waals surface area contributed by atoms with E-state index < -0.39 is 12.1 Å². The number of anilines is 1. The van der Waals surface area contributed by atoms with Gasteiger partial charge in [0.05, 0.1) is 23.0 Å². The predicted molar refractivity (Wildman–Crippen MR) is 130 cm³/mol. The molecular formula is C25H21BrN6. The zero-order valence-corrected chi connectivity index (χ0v) is 19.3. The van der Waals surface area contributed by atoms with Gasteiger partial charge in [0.1, 0.15) is 18.2 Å². The molecule has 0 bridgehead atoms. The molecule has 0 aliphatic carbocycles. The quantitative estimate of drug-likeness (QED) is 0.523. The lowest BCUT2D eigenvalue weighted by molar-refractivity contribution is 0.624. The van der Waals surface area contributed by atoms with Crippen LogP contribution in [-0.2, 0) is 0 Å². The fraction of sp³-hybridized carbons (Fsp3) is 0.160. The average Bonchev–Trinajstić information content (AvgIpc) is 3.28. The van der Waals surface area contributed by atoms with Crippen molar-refractivity contribution in [2.45, 2.75) is 20.0 Å². The molecule has 0 spiro atoms. The Morgan fingerprint density at radius 1 is 1.06 bits per heavy atom. The van der Waals surface area contributed by atoms with E-state index in [1.807, 2.05) is 74.5 Å². The predicted octanol–water partition coefficient (Wildman–Crippen LogP) is 5.06. The van der Waals surface area contributed by atoms with Gasteiger partial charge in [0.15, 0.2) is 0 Å². The maximum atomic E-state index is 9.94. The lowest BCUT2D eigenvalue weighted by Crippen LogP contribution is -2.40. The third-order valence-corrected chi connectivity index (χ3v) is 6.07. The zero-order chi connectivity index (χ0) is 22.8. The summed E-state index contributed by atoms with van der Waals surface area (Å²) in [5.74, 6) is -0.712. The fourth-order valence-corrected chi connectivity index (χ4v) is 4.22. The third kappa shape index (κ3) is 3.85. The normalized spacial score (nSPS) is 18.2. The molecule has 2 atom stereocenters. The molecule has 4 rings (SSSR count). The van der Waals surface area contributed by atoms with Gasteiger partial charge in [-0.2, -0.15) is 15.6 Å². The van der Waals surface area contributed by atoms with Crippen LogP contribution in [0.25, 0.3) is 11.8 Å². The van der Waals surface area contributed by atoms with Crippen LogP contribution in [0.4, 0.5) is 5.69 Å². The number of rotatable bonds is 4. The second kappa shape index (κ2) is 8.84. The number of hydrazone groups is 1. The summed E-state index contributed by atoms with van der Waals surface area (Å²) in [6.07, 6.45) is 1.13. The van der Waals surface area contributed by atoms with Crippen molar-refractivity contribution in [3.05, 3.63) is 87.7 Å². The van der Waals surface area contributed by atoms with E-state index in [1.54, 1.807) is 11.1 Å². The molecule has 1 aliphatic heterocycles. The van der Waals surface area contributed by atoms with Crippen LogP contribution in [0.1, 0.15) is 17.0 Å². The summed E-state index contributed by atoms with van der Waals surface area (Å²) in [4.78, 5) is 0. The van der Waals surface area contributed by atoms with Crippen LogP contribution in [0.5, 0.6) is 0 Å². The number of nitrogens with zero attached hydrogens (tertiary/aromatic N) is 5. The molecule has 0 unspecified atom stereocenters. The zero-order valence-electron chi connectivity index (χ0n) is 17.7. The molecule has 2 heterocycles. The van der Waals surface area contributed by atoms with Gasteiger partial charge in [-0.3, -0.25) is 0 Å². The highest BCUT2D eigenvalue weighted by Gasteiger charge is 2.37. The minimum absolute atomic E-state index is 0.335. The van der Waals surface area contributed by atoms with Gasteiger partial charge >= 0.3 is 0 Å². The second-order valence-electron chi connectivity index (χ2n) is 7.57. The van der Waals surface area contributed by atoms with Crippen molar-refractivity contribution in [3.63, 3.8) is 0 Å². The molecule has 32 heavy (non-hydrogen) atoms. The minimum Gasteiger partial charge on any atom is -0.318 e. The van der Waals surface area contributed by atoms with E-state index in [4.69, 9.17) is 5.73 Å². The van der Waals surface area contributed by atoms with Gasteiger partial charge in [0.25, 0.3) is 0 Å². The number of aryl methyl sites for hydroxylation is 1. The molecule has 3 aromatic rings. The number of benzene rings is 2. The monoisotopic (exact) mass is 484 g/mol. The van der Waals surface area contributed by atoms with Gasteiger partial charge in [0.2, 0.25) is 0 Å². The molecule has 2 aromatic carbocycles. The van der Waals surface area contributed by atoms with E-state index in [2.05, 4.69) is 37.7 Å². The summed E-state index contributed by atoms with van der Waals surface area (Å²) >= 11 is 3.47. The number of nitrogens with two attached hydrogens (primary N) is 1. The molecular weight excluding hydrogens is 464 g/mol. The number of hydrogen-bond acceptors (Lipinski definition) is 5. The Balaban J connectivity index is 1.76. The lowest BCUT2D eigenvalue weighted by atomic mass is 9.95. The van der Waals surface area contributed by atoms with Gasteiger partial charge in [-0.1, -0.05) is 34.1 Å². The first-order chi connectivity index (χ1) is 15.4. The van der Waals surface area contributed by atoms with Crippen molar-refractivity contribution in [2.75, 3.05) is 5.01 Å². The first kappa shape index (κ1) is 21.6. The molecule has 0 saturated carbocycles. The topological polar surface area (TPSA) is 94.1 Å². The molecule has 1 aromatic heterocycles. The number of allylic oxidation sites excluding steroid dienone is 1. The third-order valence-electron chi connectivity index (χ3n) is 5.55. The standard InChI is InChI=1S/C25H21BrN6/c1-16-12-18(17(2)31(16)21-10-8-20(26)9-11-21)13-19(14-27)24-23(15-28)25(29)32(30-24)22-6-4-3-5-7-22/h3-13,23,25H,29H2,1-2H3/b19-13-/t23-,25+/m0/s1. The molecule has 0 saturated heterocycles. The highest BCUT2D eigenvalue weighted by Crippen LogP contribution is 2.30. The highest BCUT2D eigenvalue weighted by molar-refractivity contribution is 9.10. The number of aromatic nitrogens is 1. The van der Waals surface area contributed by atoms with Gasteiger partial charge < -0.3 is 10.3 Å². The molecule has 0 fully saturated rings. The Hall–Kier alpha value is -3.65. The van der Waals surface area contributed by atoms with Crippen molar-refractivity contribution in [1.29, 1.82) is 10.5 Å². The van der Waals surface area contributed by atoms with Crippen molar-refractivity contribution in [1.82, 2.24) is 4.57 Å². The van der Waals surface area contributed by atoms with Crippen LogP contribution in [0.2, 0.25) is 0 Å². The van der Waals surface area contributed by atoms with Crippen LogP contribution in [0.3, 0.4) is 0 Å². The number of hydrogen-bond donors (Lipinski definition) is 1. The van der Waals surface area contributed by atoms with E-state index in [1.165, 1.54) is 0 Å². The molecule has 0 amide bonds. The number of halogens is 1. The molecule has 0 radical (unpaired) electrons. The van der Waals surface area contributed by atoms with Crippen LogP contribution >= 0.6 is 15.9 Å². The Kier molecular flexibility index (Phi) is 5.96. The van der Waals surface area contributed by atoms with Gasteiger partial charge in [-0.25, -0.2) is 5.01 Å². The van der Waals surface area contributed by atoms with E-state index in [9.17, 15) is 10.5 Å². The maximum Gasteiger partial charge on any atom is 0.127 e. The van der Waals surface area contributed by atoms with Crippen molar-refractivity contribution in [2.24, 2.45) is 16.8 Å². The summed E-state index contributed by atoms with van der Waals surface area (Å²) in [6, 6.07) is 24.0. The van der Waals surface area contributed by atoms with Crippen LogP contribution in [0, 0.1) is 42.4 Å². The first-order valence-electron chi connectivity index (χ1n) is 10.1. The Morgan fingerprint density at radius 3 is 2.38 bits per heavy atom. The Labute approximate surface area is 195 Å². The van der Waals surface area contributed by atoms with Crippen LogP contribution in [0.15, 0.2) is 75.8 Å². The van der Waals surface area contributed by atoms with Crippen molar-refractivity contribution >= 4 is 33.4 Å². The van der Waals surface area contributed by atoms with Gasteiger partial charge in [-0.15, -0.1) is 0 Å². The Bertz CT molecular complexity index is 1290. The van der Waals surface area contributed by atoms with Crippen molar-refractivity contribution in [3.8, 4) is 17.8 Å². The van der Waals surface area contributed by atoms with Crippen LogP contribution < -0.4 is 10.7 Å². The summed E-state index contributed by atoms with van der Waals surface area (Å²) in [5, 5.41) is 25.9. The Morgan fingerprint density at radius 2 is 1.75 bits per heavy atom. The van der Waals surface area contributed by atoms with E-state index in [-0.39, 0.29) is 0 Å². The summed E-state index contributed by atoms with van der Waals surface area (Å²) in [5.41, 5.74) is 11.8. The molecule has 1 aliphatic rings. The summed E-state index contributed by atoms with van der Waals surface area (Å²) in [6.45, 7) is 4.03. The second-order valence-corrected chi connectivity index (χ2v) is 8.49. The average molecular weight is 485 g/mol. The summed E-state index contributed by atoms with van der Waals surface area (Å²) < 4.78 is 3.14. The smallest absolute Gasteiger partial charge is 0.127 e. The number of para-hydroxylation sites is 1. The maximum absolute atomic E-state index is 9.94. The molecule has 158 valence electrons. The van der Waals surface area contributed by atoms with Crippen molar-refractivity contribution < 1.29 is 0 Å². The molecule has 6 nitrogen and oxygen atoms in total. The summed E-state index contributed by atoms with van der Waals surface area (Å²) in [7, 11) is 0. The van der Waals surface area contributed by atoms with Gasteiger partial charge in [-0.05, 0) is 68.0 Å². The SMILES string of the molecule is Cc1cc(/C=C(/C#N)C2=NN(c3ccccc3)[C@@H](N)[C@H]2C#N)c(C)n1-c1ccc(Br)cc1. The molecule has 2 N–H and O–H groups in total. The van der Waals surface area contributed by atoms with Gasteiger partial charge in [0, 0.05) is 21.5 Å². The number of nitriles is 2. The molecule has 7 heteroatoms. The largest absolute Gasteiger partial charge is 0.318 e. The van der Waals surface area contributed by atoms with Crippen LogP contribution in [-0.4, -0.2) is 16.4 Å².